The van der Waals surface area contributed by atoms with Gasteiger partial charge >= 0.3 is 0 Å². The van der Waals surface area contributed by atoms with Crippen LogP contribution in [0, 0.1) is 0 Å². The van der Waals surface area contributed by atoms with E-state index in [4.69, 9.17) is 9.97 Å². The molecule has 3 N–H and O–H groups in total. The summed E-state index contributed by atoms with van der Waals surface area (Å²) < 4.78 is 0. The van der Waals surface area contributed by atoms with E-state index in [1.165, 1.54) is 12.8 Å². The van der Waals surface area contributed by atoms with Crippen molar-refractivity contribution in [1.29, 1.82) is 0 Å². The van der Waals surface area contributed by atoms with Crippen molar-refractivity contribution < 1.29 is 0 Å². The van der Waals surface area contributed by atoms with E-state index in [1.54, 1.807) is 22.7 Å². The molecule has 1 unspecified atom stereocenters. The maximum atomic E-state index is 5.02. The fraction of sp³-hybridized carbons (Fsp3) is 0.417. The molecule has 0 saturated carbocycles. The minimum Gasteiger partial charge on any atom is -0.348 e. The monoisotopic (exact) mass is 490 g/mol. The number of thiazole rings is 2. The number of aromatic amines is 2. The zero-order valence-electron chi connectivity index (χ0n) is 19.3. The summed E-state index contributed by atoms with van der Waals surface area (Å²) in [4.78, 5) is 14.4. The number of anilines is 1. The van der Waals surface area contributed by atoms with E-state index in [1.807, 2.05) is 18.6 Å². The average Bonchev–Trinajstić information content (AvgIpc) is 3.60. The Bertz CT molecular complexity index is 1470. The molecule has 0 amide bonds. The van der Waals surface area contributed by atoms with E-state index < -0.39 is 0 Å². The van der Waals surface area contributed by atoms with Gasteiger partial charge in [-0.1, -0.05) is 28.7 Å². The van der Waals surface area contributed by atoms with Gasteiger partial charge in [0.15, 0.2) is 14.8 Å². The molecule has 34 heavy (non-hydrogen) atoms. The van der Waals surface area contributed by atoms with Crippen molar-refractivity contribution in [2.45, 2.75) is 56.7 Å². The first-order valence-corrected chi connectivity index (χ1v) is 13.3. The van der Waals surface area contributed by atoms with E-state index >= 15 is 0 Å². The molecule has 8 nitrogen and oxygen atoms in total. The first kappa shape index (κ1) is 20.5. The van der Waals surface area contributed by atoms with Crippen LogP contribution in [0.5, 0.6) is 0 Å². The smallest absolute Gasteiger partial charge is 0.188 e. The number of H-pyrrole nitrogens is 2. The van der Waals surface area contributed by atoms with Gasteiger partial charge in [-0.05, 0) is 51.2 Å². The number of nitrogens with one attached hydrogen (secondary N) is 3. The Morgan fingerprint density at radius 3 is 2.47 bits per heavy atom. The molecule has 10 heteroatoms. The molecule has 0 spiro atoms. The van der Waals surface area contributed by atoms with Crippen molar-refractivity contribution >= 4 is 48.4 Å². The number of fused-ring (bicyclic) bond motifs is 4. The van der Waals surface area contributed by atoms with Crippen molar-refractivity contribution in [1.82, 2.24) is 35.7 Å². The maximum Gasteiger partial charge on any atom is 0.188 e. The predicted molar refractivity (Wildman–Crippen MR) is 139 cm³/mol. The SMILES string of the molecule is CN(c1nc2sc(-c3ccc(-c4cn[nH]c4)c4cn[nH]c34)nc2s1)C1C[C@]2(C)CC[C@](C)(C1)N2. The predicted octanol–water partition coefficient (Wildman–Crippen LogP) is 5.19. The number of benzene rings is 1. The summed E-state index contributed by atoms with van der Waals surface area (Å²) in [6, 6.07) is 4.73. The second kappa shape index (κ2) is 7.10. The third-order valence-corrected chi connectivity index (χ3v) is 9.83. The number of rotatable bonds is 4. The van der Waals surface area contributed by atoms with Gasteiger partial charge in [0.05, 0.1) is 17.9 Å². The number of hydrogen-bond acceptors (Lipinski definition) is 8. The molecule has 2 aliphatic rings. The highest BCUT2D eigenvalue weighted by Gasteiger charge is 2.49. The van der Waals surface area contributed by atoms with Crippen LogP contribution in [0.4, 0.5) is 5.13 Å². The summed E-state index contributed by atoms with van der Waals surface area (Å²) in [7, 11) is 2.20. The topological polar surface area (TPSA) is 98.4 Å². The van der Waals surface area contributed by atoms with Crippen LogP contribution in [-0.2, 0) is 0 Å². The van der Waals surface area contributed by atoms with Gasteiger partial charge in [0.25, 0.3) is 0 Å². The zero-order valence-corrected chi connectivity index (χ0v) is 21.0. The molecule has 5 aromatic rings. The van der Waals surface area contributed by atoms with Crippen molar-refractivity contribution in [3.63, 3.8) is 0 Å². The molecule has 174 valence electrons. The largest absolute Gasteiger partial charge is 0.348 e. The summed E-state index contributed by atoms with van der Waals surface area (Å²) in [6.45, 7) is 4.75. The Kier molecular flexibility index (Phi) is 4.29. The quantitative estimate of drug-likeness (QED) is 0.321. The molecular formula is C24H26N8S2. The van der Waals surface area contributed by atoms with Crippen LogP contribution in [-0.4, -0.2) is 54.5 Å². The van der Waals surface area contributed by atoms with E-state index in [-0.39, 0.29) is 11.1 Å². The van der Waals surface area contributed by atoms with Crippen molar-refractivity contribution in [3.05, 3.63) is 30.7 Å². The molecule has 1 aromatic carbocycles. The minimum absolute atomic E-state index is 0.240. The summed E-state index contributed by atoms with van der Waals surface area (Å²) in [5.74, 6) is 0. The molecule has 7 rings (SSSR count). The van der Waals surface area contributed by atoms with Crippen LogP contribution < -0.4 is 10.2 Å². The molecule has 2 aliphatic heterocycles. The van der Waals surface area contributed by atoms with Crippen molar-refractivity contribution in [2.75, 3.05) is 11.9 Å². The maximum absolute atomic E-state index is 5.02. The van der Waals surface area contributed by atoms with E-state index in [2.05, 4.69) is 63.6 Å². The highest BCUT2D eigenvalue weighted by atomic mass is 32.1. The normalized spacial score (nSPS) is 26.6. The molecule has 0 radical (unpaired) electrons. The van der Waals surface area contributed by atoms with Gasteiger partial charge in [-0.15, -0.1) is 0 Å². The highest BCUT2D eigenvalue weighted by molar-refractivity contribution is 7.29. The van der Waals surface area contributed by atoms with Gasteiger partial charge in [0, 0.05) is 46.9 Å². The lowest BCUT2D eigenvalue weighted by Gasteiger charge is -2.45. The van der Waals surface area contributed by atoms with Gasteiger partial charge < -0.3 is 10.2 Å². The van der Waals surface area contributed by atoms with Gasteiger partial charge in [0.2, 0.25) is 0 Å². The fourth-order valence-electron chi connectivity index (χ4n) is 6.01. The Balaban J connectivity index is 1.21. The van der Waals surface area contributed by atoms with Crippen LogP contribution in [0.15, 0.2) is 30.7 Å². The van der Waals surface area contributed by atoms with Crippen LogP contribution in [0.25, 0.3) is 42.3 Å². The van der Waals surface area contributed by atoms with Gasteiger partial charge in [-0.2, -0.15) is 10.2 Å². The van der Waals surface area contributed by atoms with Crippen LogP contribution >= 0.6 is 22.7 Å². The van der Waals surface area contributed by atoms with Gasteiger partial charge in [0.1, 0.15) is 5.01 Å². The molecule has 3 atom stereocenters. The van der Waals surface area contributed by atoms with Gasteiger partial charge in [-0.3, -0.25) is 10.2 Å². The summed E-state index contributed by atoms with van der Waals surface area (Å²) in [5, 5.41) is 21.5. The third-order valence-electron chi connectivity index (χ3n) is 7.67. The molecule has 2 saturated heterocycles. The second-order valence-electron chi connectivity index (χ2n) is 10.4. The Morgan fingerprint density at radius 2 is 1.74 bits per heavy atom. The lowest BCUT2D eigenvalue weighted by Crippen LogP contribution is -2.58. The van der Waals surface area contributed by atoms with Crippen molar-refractivity contribution in [2.24, 2.45) is 0 Å². The first-order chi connectivity index (χ1) is 16.4. The van der Waals surface area contributed by atoms with Gasteiger partial charge in [-0.25, -0.2) is 9.97 Å². The Hall–Kier alpha value is -2.82. The lowest BCUT2D eigenvalue weighted by atomic mass is 9.84. The Labute approximate surface area is 204 Å². The zero-order chi connectivity index (χ0) is 23.1. The number of aromatic nitrogens is 6. The molecule has 6 heterocycles. The van der Waals surface area contributed by atoms with E-state index in [0.29, 0.717) is 6.04 Å². The summed E-state index contributed by atoms with van der Waals surface area (Å²) in [6.07, 6.45) is 10.4. The van der Waals surface area contributed by atoms with E-state index in [9.17, 15) is 0 Å². The first-order valence-electron chi connectivity index (χ1n) is 11.6. The minimum atomic E-state index is 0.240. The van der Waals surface area contributed by atoms with Crippen LogP contribution in [0.3, 0.4) is 0 Å². The molecule has 4 aromatic heterocycles. The van der Waals surface area contributed by atoms with Crippen LogP contribution in [0.1, 0.15) is 39.5 Å². The number of hydrogen-bond donors (Lipinski definition) is 3. The third kappa shape index (κ3) is 3.12. The fourth-order valence-corrected chi connectivity index (χ4v) is 8.12. The molecular weight excluding hydrogens is 464 g/mol. The summed E-state index contributed by atoms with van der Waals surface area (Å²) in [5.41, 5.74) is 4.67. The van der Waals surface area contributed by atoms with Crippen molar-refractivity contribution in [3.8, 4) is 21.7 Å². The summed E-state index contributed by atoms with van der Waals surface area (Å²) >= 11 is 3.35. The second-order valence-corrected chi connectivity index (χ2v) is 12.3. The number of piperidine rings is 1. The number of nitrogens with zero attached hydrogens (tertiary/aromatic N) is 5. The lowest BCUT2D eigenvalue weighted by molar-refractivity contribution is 0.208. The van der Waals surface area contributed by atoms with Crippen LogP contribution in [0.2, 0.25) is 0 Å². The highest BCUT2D eigenvalue weighted by Crippen LogP contribution is 2.45. The Morgan fingerprint density at radius 1 is 0.971 bits per heavy atom. The average molecular weight is 491 g/mol. The molecule has 2 bridgehead atoms. The molecule has 0 aliphatic carbocycles. The standard InChI is InChI=1S/C24H26N8S2/c1-23-6-7-24(2,31-23)9-14(8-23)32(3)22-29-21-20(34-22)28-19(33-21)16-5-4-15(13-10-25-26-11-13)17-12-27-30-18(16)17/h4-5,10-12,14,31H,6-9H2,1-3H3,(H,25,26)(H,27,30)/t14?,23-,24+. The van der Waals surface area contributed by atoms with E-state index in [0.717, 1.165) is 60.2 Å². The molecule has 2 fully saturated rings.